The number of carbonyl (C=O) groups is 1. The third-order valence-electron chi connectivity index (χ3n) is 5.86. The number of anilines is 1. The molecule has 1 N–H and O–H groups in total. The lowest BCUT2D eigenvalue weighted by atomic mass is 9.89. The van der Waals surface area contributed by atoms with Crippen LogP contribution in [0.25, 0.3) is 0 Å². The maximum Gasteiger partial charge on any atom is 0.430 e. The summed E-state index contributed by atoms with van der Waals surface area (Å²) in [6, 6.07) is 11.4. The maximum atomic E-state index is 13.4. The molecule has 3 nitrogen and oxygen atoms in total. The van der Waals surface area contributed by atoms with Gasteiger partial charge in [0.1, 0.15) is 0 Å². The summed E-state index contributed by atoms with van der Waals surface area (Å²) >= 11 is 0. The van der Waals surface area contributed by atoms with Gasteiger partial charge in [-0.1, -0.05) is 49.4 Å². The molecule has 1 heterocycles. The highest BCUT2D eigenvalue weighted by atomic mass is 19.4. The van der Waals surface area contributed by atoms with Crippen molar-refractivity contribution in [3.05, 3.63) is 65.2 Å². The molecule has 1 aliphatic rings. The Morgan fingerprint density at radius 1 is 1.00 bits per heavy atom. The fourth-order valence-electron chi connectivity index (χ4n) is 4.12. The molecule has 2 aromatic rings. The van der Waals surface area contributed by atoms with Crippen LogP contribution in [0.5, 0.6) is 0 Å². The van der Waals surface area contributed by atoms with Crippen LogP contribution in [-0.2, 0) is 16.8 Å². The molecule has 0 spiro atoms. The Morgan fingerprint density at radius 2 is 1.62 bits per heavy atom. The predicted octanol–water partition coefficient (Wildman–Crippen LogP) is 5.86. The van der Waals surface area contributed by atoms with Crippen LogP contribution >= 0.6 is 0 Å². The summed E-state index contributed by atoms with van der Waals surface area (Å²) in [7, 11) is 0. The Labute approximate surface area is 181 Å². The molecular weight excluding hydrogens is 436 g/mol. The van der Waals surface area contributed by atoms with Crippen molar-refractivity contribution in [3.8, 4) is 0 Å². The molecule has 0 aliphatic carbocycles. The Balaban J connectivity index is 2.06. The van der Waals surface area contributed by atoms with Crippen LogP contribution < -0.4 is 4.90 Å². The molecule has 0 unspecified atom stereocenters. The number of halogens is 6. The van der Waals surface area contributed by atoms with Gasteiger partial charge in [-0.15, -0.1) is 0 Å². The normalized spacial score (nSPS) is 16.3. The number of rotatable bonds is 4. The topological polar surface area (TPSA) is 40.5 Å². The third kappa shape index (κ3) is 4.22. The molecule has 0 saturated heterocycles. The minimum atomic E-state index is -5.96. The van der Waals surface area contributed by atoms with Crippen molar-refractivity contribution in [2.24, 2.45) is 0 Å². The van der Waals surface area contributed by atoms with E-state index in [0.717, 1.165) is 17.7 Å². The molecule has 2 aromatic carbocycles. The first-order valence-electron chi connectivity index (χ1n) is 10.3. The second-order valence-electron chi connectivity index (χ2n) is 7.87. The van der Waals surface area contributed by atoms with Crippen molar-refractivity contribution in [2.45, 2.75) is 56.5 Å². The zero-order chi connectivity index (χ0) is 23.7. The molecule has 1 aliphatic heterocycles. The second-order valence-corrected chi connectivity index (χ2v) is 7.87. The molecule has 174 valence electrons. The number of fused-ring (bicyclic) bond motifs is 1. The SMILES string of the molecule is CC[C@@H](C(=O)N1CCCCc2cc(C(O)(C(F)(F)F)C(F)(F)F)ccc21)c1ccccc1. The van der Waals surface area contributed by atoms with Crippen molar-refractivity contribution in [1.29, 1.82) is 0 Å². The molecule has 0 saturated carbocycles. The number of aryl methyl sites for hydroxylation is 1. The molecule has 0 fully saturated rings. The van der Waals surface area contributed by atoms with Gasteiger partial charge >= 0.3 is 12.4 Å². The Bertz CT molecular complexity index is 941. The molecule has 1 atom stereocenters. The summed E-state index contributed by atoms with van der Waals surface area (Å²) in [5, 5.41) is 9.75. The van der Waals surface area contributed by atoms with E-state index in [-0.39, 0.29) is 23.6 Å². The number of hydrogen-bond acceptors (Lipinski definition) is 2. The van der Waals surface area contributed by atoms with E-state index in [2.05, 4.69) is 0 Å². The van der Waals surface area contributed by atoms with Crippen LogP contribution in [0.4, 0.5) is 32.0 Å². The fraction of sp³-hybridized carbons (Fsp3) is 0.435. The van der Waals surface area contributed by atoms with Crippen molar-refractivity contribution in [2.75, 3.05) is 11.4 Å². The highest BCUT2D eigenvalue weighted by Crippen LogP contribution is 2.50. The summed E-state index contributed by atoms with van der Waals surface area (Å²) in [6.45, 7) is 2.14. The van der Waals surface area contributed by atoms with Gasteiger partial charge < -0.3 is 10.0 Å². The van der Waals surface area contributed by atoms with E-state index in [1.165, 1.54) is 4.90 Å². The van der Waals surface area contributed by atoms with Crippen LogP contribution in [0.3, 0.4) is 0 Å². The van der Waals surface area contributed by atoms with Gasteiger partial charge in [-0.3, -0.25) is 4.79 Å². The number of carbonyl (C=O) groups excluding carboxylic acids is 1. The van der Waals surface area contributed by atoms with Gasteiger partial charge in [0.05, 0.1) is 5.92 Å². The van der Waals surface area contributed by atoms with E-state index in [0.29, 0.717) is 31.9 Å². The van der Waals surface area contributed by atoms with Crippen LogP contribution in [0, 0.1) is 0 Å². The van der Waals surface area contributed by atoms with Gasteiger partial charge in [0, 0.05) is 17.8 Å². The highest BCUT2D eigenvalue weighted by Gasteiger charge is 2.71. The minimum absolute atomic E-state index is 0.170. The first-order chi connectivity index (χ1) is 14.9. The lowest BCUT2D eigenvalue weighted by molar-refractivity contribution is -0.376. The smallest absolute Gasteiger partial charge is 0.369 e. The summed E-state index contributed by atoms with van der Waals surface area (Å²) in [6.07, 6.45) is -10.2. The van der Waals surface area contributed by atoms with Crippen molar-refractivity contribution >= 4 is 11.6 Å². The van der Waals surface area contributed by atoms with Crippen molar-refractivity contribution in [1.82, 2.24) is 0 Å². The molecule has 0 aromatic heterocycles. The average Bonchev–Trinajstić information content (AvgIpc) is 2.94. The number of aliphatic hydroxyl groups is 1. The fourth-order valence-corrected chi connectivity index (χ4v) is 4.12. The van der Waals surface area contributed by atoms with Gasteiger partial charge in [-0.2, -0.15) is 26.3 Å². The maximum absolute atomic E-state index is 13.4. The Hall–Kier alpha value is -2.55. The molecule has 0 radical (unpaired) electrons. The lowest BCUT2D eigenvalue weighted by Crippen LogP contribution is -2.54. The van der Waals surface area contributed by atoms with Crippen LogP contribution in [-0.4, -0.2) is 29.9 Å². The van der Waals surface area contributed by atoms with E-state index >= 15 is 0 Å². The molecule has 0 bridgehead atoms. The molecule has 3 rings (SSSR count). The summed E-state index contributed by atoms with van der Waals surface area (Å²) in [4.78, 5) is 14.8. The quantitative estimate of drug-likeness (QED) is 0.582. The van der Waals surface area contributed by atoms with Crippen LogP contribution in [0.1, 0.15) is 48.8 Å². The van der Waals surface area contributed by atoms with E-state index in [1.54, 1.807) is 24.3 Å². The first-order valence-corrected chi connectivity index (χ1v) is 10.3. The monoisotopic (exact) mass is 459 g/mol. The zero-order valence-corrected chi connectivity index (χ0v) is 17.3. The average molecular weight is 459 g/mol. The molecule has 1 amide bonds. The van der Waals surface area contributed by atoms with Gasteiger partial charge in [0.2, 0.25) is 5.91 Å². The third-order valence-corrected chi connectivity index (χ3v) is 5.86. The van der Waals surface area contributed by atoms with Gasteiger partial charge in [0.25, 0.3) is 5.60 Å². The highest BCUT2D eigenvalue weighted by molar-refractivity contribution is 5.98. The van der Waals surface area contributed by atoms with Crippen LogP contribution in [0.2, 0.25) is 0 Å². The van der Waals surface area contributed by atoms with E-state index < -0.39 is 29.4 Å². The Morgan fingerprint density at radius 3 is 2.19 bits per heavy atom. The largest absolute Gasteiger partial charge is 0.430 e. The molecule has 9 heteroatoms. The van der Waals surface area contributed by atoms with E-state index in [4.69, 9.17) is 0 Å². The minimum Gasteiger partial charge on any atom is -0.369 e. The Kier molecular flexibility index (Phi) is 6.60. The molecule has 32 heavy (non-hydrogen) atoms. The number of hydrogen-bond donors (Lipinski definition) is 1. The van der Waals surface area contributed by atoms with E-state index in [1.807, 2.05) is 13.0 Å². The summed E-state index contributed by atoms with van der Waals surface area (Å²) < 4.78 is 79.8. The van der Waals surface area contributed by atoms with Crippen molar-refractivity contribution < 1.29 is 36.2 Å². The first kappa shape index (κ1) is 24.1. The summed E-state index contributed by atoms with van der Waals surface area (Å²) in [5.41, 5.74) is -5.07. The van der Waals surface area contributed by atoms with Gasteiger partial charge in [-0.25, -0.2) is 0 Å². The number of alkyl halides is 6. The van der Waals surface area contributed by atoms with E-state index in [9.17, 15) is 36.2 Å². The van der Waals surface area contributed by atoms with Crippen molar-refractivity contribution in [3.63, 3.8) is 0 Å². The summed E-state index contributed by atoms with van der Waals surface area (Å²) in [5.74, 6) is -0.763. The molecular formula is C23H23F6NO2. The number of amides is 1. The van der Waals surface area contributed by atoms with Crippen LogP contribution in [0.15, 0.2) is 48.5 Å². The predicted molar refractivity (Wildman–Crippen MR) is 107 cm³/mol. The second kappa shape index (κ2) is 8.77. The lowest BCUT2D eigenvalue weighted by Gasteiger charge is -2.34. The standard InChI is InChI=1S/C23H23F6NO2/c1-2-18(15-8-4-3-5-9-15)20(31)30-13-7-6-10-16-14-17(11-12-19(16)30)21(32,22(24,25)26)23(27,28)29/h3-5,8-9,11-12,14,18,32H,2,6-7,10,13H2,1H3/t18-/m1/s1. The zero-order valence-electron chi connectivity index (χ0n) is 17.3. The number of nitrogens with zero attached hydrogens (tertiary/aromatic N) is 1. The van der Waals surface area contributed by atoms with Gasteiger partial charge in [-0.05, 0) is 42.9 Å². The number of benzene rings is 2. The van der Waals surface area contributed by atoms with Gasteiger partial charge in [0.15, 0.2) is 0 Å².